The van der Waals surface area contributed by atoms with Gasteiger partial charge in [0.1, 0.15) is 17.7 Å². The van der Waals surface area contributed by atoms with E-state index >= 15 is 0 Å². The summed E-state index contributed by atoms with van der Waals surface area (Å²) in [6, 6.07) is 12.3. The van der Waals surface area contributed by atoms with Crippen LogP contribution in [0, 0.1) is 23.1 Å². The first-order valence-corrected chi connectivity index (χ1v) is 7.36. The van der Waals surface area contributed by atoms with Crippen LogP contribution in [-0.2, 0) is 0 Å². The van der Waals surface area contributed by atoms with E-state index in [1.807, 2.05) is 12.1 Å². The Labute approximate surface area is 129 Å². The summed E-state index contributed by atoms with van der Waals surface area (Å²) < 4.78 is 13.0. The number of aromatic nitrogens is 1. The molecule has 0 saturated carbocycles. The number of halogens is 1. The first-order valence-electron chi connectivity index (χ1n) is 7.36. The predicted molar refractivity (Wildman–Crippen MR) is 84.2 cm³/mol. The first-order chi connectivity index (χ1) is 10.8. The van der Waals surface area contributed by atoms with E-state index in [1.165, 1.54) is 12.1 Å². The van der Waals surface area contributed by atoms with Gasteiger partial charge < -0.3 is 10.2 Å². The van der Waals surface area contributed by atoms with Gasteiger partial charge in [0, 0.05) is 31.5 Å². The number of nitriles is 1. The lowest BCUT2D eigenvalue weighted by Gasteiger charge is -2.19. The molecule has 0 spiro atoms. The molecule has 3 rings (SSSR count). The van der Waals surface area contributed by atoms with E-state index in [0.29, 0.717) is 17.3 Å². The fraction of sp³-hybridized carbons (Fsp3) is 0.294. The van der Waals surface area contributed by atoms with Crippen LogP contribution in [0.15, 0.2) is 42.6 Å². The van der Waals surface area contributed by atoms with Crippen LogP contribution in [0.4, 0.5) is 15.9 Å². The molecule has 0 aliphatic carbocycles. The molecule has 22 heavy (non-hydrogen) atoms. The van der Waals surface area contributed by atoms with Crippen LogP contribution in [0.25, 0.3) is 0 Å². The Bertz CT molecular complexity index is 678. The quantitative estimate of drug-likeness (QED) is 0.942. The molecule has 0 unspecified atom stereocenters. The second-order valence-electron chi connectivity index (χ2n) is 5.47. The highest BCUT2D eigenvalue weighted by atomic mass is 19.1. The molecule has 1 atom stereocenters. The average Bonchev–Trinajstić information content (AvgIpc) is 3.03. The Morgan fingerprint density at radius 3 is 2.91 bits per heavy atom. The van der Waals surface area contributed by atoms with Gasteiger partial charge in [0.2, 0.25) is 0 Å². The molecule has 0 amide bonds. The van der Waals surface area contributed by atoms with E-state index in [-0.39, 0.29) is 5.82 Å². The maximum Gasteiger partial charge on any atom is 0.143 e. The third kappa shape index (κ3) is 3.17. The second-order valence-corrected chi connectivity index (χ2v) is 5.47. The van der Waals surface area contributed by atoms with Gasteiger partial charge >= 0.3 is 0 Å². The van der Waals surface area contributed by atoms with Crippen molar-refractivity contribution >= 4 is 11.5 Å². The zero-order valence-corrected chi connectivity index (χ0v) is 12.2. The summed E-state index contributed by atoms with van der Waals surface area (Å²) >= 11 is 0. The SMILES string of the molecule is N#Cc1cccnc1NC[C@H]1CCN(c2ccc(F)cc2)C1. The minimum absolute atomic E-state index is 0.208. The molecule has 0 radical (unpaired) electrons. The molecule has 1 aliphatic heterocycles. The highest BCUT2D eigenvalue weighted by Gasteiger charge is 2.22. The minimum atomic E-state index is -0.208. The fourth-order valence-electron chi connectivity index (χ4n) is 2.76. The topological polar surface area (TPSA) is 52.0 Å². The number of anilines is 2. The molecule has 4 nitrogen and oxygen atoms in total. The van der Waals surface area contributed by atoms with Crippen molar-refractivity contribution in [1.29, 1.82) is 5.26 Å². The van der Waals surface area contributed by atoms with Crippen molar-refractivity contribution in [2.45, 2.75) is 6.42 Å². The lowest BCUT2D eigenvalue weighted by atomic mass is 10.1. The molecule has 1 aromatic heterocycles. The number of nitrogens with one attached hydrogen (secondary N) is 1. The maximum atomic E-state index is 13.0. The van der Waals surface area contributed by atoms with Crippen molar-refractivity contribution in [3.63, 3.8) is 0 Å². The molecule has 1 N–H and O–H groups in total. The third-order valence-electron chi connectivity index (χ3n) is 3.96. The van der Waals surface area contributed by atoms with E-state index in [2.05, 4.69) is 21.3 Å². The maximum absolute atomic E-state index is 13.0. The number of pyridine rings is 1. The van der Waals surface area contributed by atoms with Gasteiger partial charge in [-0.1, -0.05) is 0 Å². The summed E-state index contributed by atoms with van der Waals surface area (Å²) in [6.07, 6.45) is 2.75. The zero-order valence-electron chi connectivity index (χ0n) is 12.2. The number of benzene rings is 1. The van der Waals surface area contributed by atoms with Gasteiger partial charge in [-0.05, 0) is 48.7 Å². The van der Waals surface area contributed by atoms with Crippen LogP contribution in [0.2, 0.25) is 0 Å². The van der Waals surface area contributed by atoms with Gasteiger partial charge in [-0.3, -0.25) is 0 Å². The Morgan fingerprint density at radius 1 is 1.32 bits per heavy atom. The van der Waals surface area contributed by atoms with Gasteiger partial charge in [-0.2, -0.15) is 5.26 Å². The molecule has 112 valence electrons. The van der Waals surface area contributed by atoms with Gasteiger partial charge in [0.15, 0.2) is 0 Å². The zero-order chi connectivity index (χ0) is 15.4. The molecule has 5 heteroatoms. The van der Waals surface area contributed by atoms with Crippen LogP contribution >= 0.6 is 0 Å². The van der Waals surface area contributed by atoms with Crippen LogP contribution in [0.1, 0.15) is 12.0 Å². The molecule has 2 aromatic rings. The highest BCUT2D eigenvalue weighted by Crippen LogP contribution is 2.24. The Hall–Kier alpha value is -2.61. The van der Waals surface area contributed by atoms with E-state index in [0.717, 1.165) is 31.7 Å². The van der Waals surface area contributed by atoms with E-state index in [4.69, 9.17) is 5.26 Å². The average molecular weight is 296 g/mol. The van der Waals surface area contributed by atoms with Gasteiger partial charge in [0.25, 0.3) is 0 Å². The third-order valence-corrected chi connectivity index (χ3v) is 3.96. The second kappa shape index (κ2) is 6.44. The minimum Gasteiger partial charge on any atom is -0.371 e. The highest BCUT2D eigenvalue weighted by molar-refractivity contribution is 5.51. The van der Waals surface area contributed by atoms with Crippen LogP contribution < -0.4 is 10.2 Å². The first kappa shape index (κ1) is 14.3. The van der Waals surface area contributed by atoms with Crippen molar-refractivity contribution in [2.75, 3.05) is 29.9 Å². The fourth-order valence-corrected chi connectivity index (χ4v) is 2.76. The normalized spacial score (nSPS) is 17.3. The standard InChI is InChI=1S/C17H17FN4/c18-15-3-5-16(6-4-15)22-9-7-13(12-22)11-21-17-14(10-19)2-1-8-20-17/h1-6,8,13H,7,9,11-12H2,(H,20,21)/t13-/m1/s1. The van der Waals surface area contributed by atoms with Gasteiger partial charge in [-0.15, -0.1) is 0 Å². The van der Waals surface area contributed by atoms with E-state index < -0.39 is 0 Å². The molecular weight excluding hydrogens is 279 g/mol. The van der Waals surface area contributed by atoms with Crippen molar-refractivity contribution < 1.29 is 4.39 Å². The van der Waals surface area contributed by atoms with Crippen molar-refractivity contribution in [1.82, 2.24) is 4.98 Å². The lowest BCUT2D eigenvalue weighted by Crippen LogP contribution is -2.22. The summed E-state index contributed by atoms with van der Waals surface area (Å²) in [5.41, 5.74) is 1.62. The molecule has 2 heterocycles. The monoisotopic (exact) mass is 296 g/mol. The lowest BCUT2D eigenvalue weighted by molar-refractivity contribution is 0.620. The summed E-state index contributed by atoms with van der Waals surface area (Å²) in [5, 5.41) is 12.3. The Kier molecular flexibility index (Phi) is 4.19. The molecule has 1 aromatic carbocycles. The number of nitrogens with zero attached hydrogens (tertiary/aromatic N) is 3. The Balaban J connectivity index is 1.57. The van der Waals surface area contributed by atoms with Crippen molar-refractivity contribution in [3.8, 4) is 6.07 Å². The summed E-state index contributed by atoms with van der Waals surface area (Å²) in [6.45, 7) is 2.67. The Morgan fingerprint density at radius 2 is 2.14 bits per heavy atom. The largest absolute Gasteiger partial charge is 0.371 e. The molecule has 1 saturated heterocycles. The van der Waals surface area contributed by atoms with Crippen molar-refractivity contribution in [3.05, 3.63) is 54.0 Å². The van der Waals surface area contributed by atoms with Crippen LogP contribution in [-0.4, -0.2) is 24.6 Å². The summed E-state index contributed by atoms with van der Waals surface area (Å²) in [7, 11) is 0. The number of hydrogen-bond donors (Lipinski definition) is 1. The van der Waals surface area contributed by atoms with Gasteiger partial charge in [0.05, 0.1) is 5.56 Å². The van der Waals surface area contributed by atoms with E-state index in [1.54, 1.807) is 18.3 Å². The summed E-state index contributed by atoms with van der Waals surface area (Å²) in [4.78, 5) is 6.47. The number of rotatable bonds is 4. The smallest absolute Gasteiger partial charge is 0.143 e. The molecule has 0 bridgehead atoms. The van der Waals surface area contributed by atoms with Crippen LogP contribution in [0.5, 0.6) is 0 Å². The predicted octanol–water partition coefficient (Wildman–Crippen LogP) is 3.03. The summed E-state index contributed by atoms with van der Waals surface area (Å²) in [5.74, 6) is 0.921. The molecule has 1 aliphatic rings. The van der Waals surface area contributed by atoms with Crippen molar-refractivity contribution in [2.24, 2.45) is 5.92 Å². The molecular formula is C17H17FN4. The van der Waals surface area contributed by atoms with E-state index in [9.17, 15) is 4.39 Å². The van der Waals surface area contributed by atoms with Crippen LogP contribution in [0.3, 0.4) is 0 Å². The van der Waals surface area contributed by atoms with Gasteiger partial charge in [-0.25, -0.2) is 9.37 Å². The number of hydrogen-bond acceptors (Lipinski definition) is 4. The molecule has 1 fully saturated rings.